The Kier molecular flexibility index (Phi) is 4.81. The average molecular weight is 354 g/mol. The van der Waals surface area contributed by atoms with Gasteiger partial charge in [0.05, 0.1) is 11.3 Å². The lowest BCUT2D eigenvalue weighted by atomic mass is 10.1. The van der Waals surface area contributed by atoms with Crippen molar-refractivity contribution in [3.63, 3.8) is 0 Å². The number of carbonyl (C=O) groups excluding carboxylic acids is 1. The molecule has 0 spiro atoms. The molecule has 0 radical (unpaired) electrons. The number of imidazole rings is 1. The third-order valence-electron chi connectivity index (χ3n) is 3.99. The lowest BCUT2D eigenvalue weighted by Crippen LogP contribution is -2.04. The fourth-order valence-electron chi connectivity index (χ4n) is 2.43. The standard InChI is InChI=1S/C19H18N2O3S/c1-12-3-4-14(9-13(12)2)21-8-7-20-19(21)25-11-18(24)16-6-5-15(22)10-17(16)23/h3-10,22-23H,11H2,1-2H3. The molecule has 0 atom stereocenters. The number of Topliss-reactive ketones (excluding diaryl/α,β-unsaturated/α-hetero) is 1. The van der Waals surface area contributed by atoms with Crippen LogP contribution in [0.4, 0.5) is 0 Å². The van der Waals surface area contributed by atoms with Gasteiger partial charge in [0.25, 0.3) is 0 Å². The molecule has 0 bridgehead atoms. The fourth-order valence-corrected chi connectivity index (χ4v) is 3.29. The zero-order valence-electron chi connectivity index (χ0n) is 13.9. The first kappa shape index (κ1) is 17.1. The van der Waals surface area contributed by atoms with Gasteiger partial charge in [-0.25, -0.2) is 4.98 Å². The summed E-state index contributed by atoms with van der Waals surface area (Å²) in [4.78, 5) is 16.6. The number of phenolic OH excluding ortho intramolecular Hbond substituents is 2. The average Bonchev–Trinajstić information content (AvgIpc) is 3.03. The number of rotatable bonds is 5. The van der Waals surface area contributed by atoms with Crippen LogP contribution in [0.25, 0.3) is 5.69 Å². The van der Waals surface area contributed by atoms with E-state index in [1.807, 2.05) is 16.8 Å². The summed E-state index contributed by atoms with van der Waals surface area (Å²) >= 11 is 1.30. The molecule has 0 aliphatic rings. The third-order valence-corrected chi connectivity index (χ3v) is 4.96. The van der Waals surface area contributed by atoms with E-state index < -0.39 is 0 Å². The molecular weight excluding hydrogens is 336 g/mol. The van der Waals surface area contributed by atoms with Crippen molar-refractivity contribution >= 4 is 17.5 Å². The highest BCUT2D eigenvalue weighted by molar-refractivity contribution is 7.99. The zero-order chi connectivity index (χ0) is 18.0. The van der Waals surface area contributed by atoms with Gasteiger partial charge in [-0.3, -0.25) is 9.36 Å². The number of carbonyl (C=O) groups is 1. The topological polar surface area (TPSA) is 75.4 Å². The van der Waals surface area contributed by atoms with Crippen LogP contribution in [-0.4, -0.2) is 31.3 Å². The van der Waals surface area contributed by atoms with Crippen molar-refractivity contribution in [3.8, 4) is 17.2 Å². The summed E-state index contributed by atoms with van der Waals surface area (Å²) in [5, 5.41) is 19.8. The molecule has 128 valence electrons. The second-order valence-electron chi connectivity index (χ2n) is 5.76. The van der Waals surface area contributed by atoms with E-state index in [2.05, 4.69) is 31.0 Å². The first-order chi connectivity index (χ1) is 12.0. The van der Waals surface area contributed by atoms with Crippen molar-refractivity contribution in [2.75, 3.05) is 5.75 Å². The number of hydrogen-bond acceptors (Lipinski definition) is 5. The van der Waals surface area contributed by atoms with E-state index in [9.17, 15) is 15.0 Å². The molecule has 1 heterocycles. The highest BCUT2D eigenvalue weighted by atomic mass is 32.2. The molecule has 0 unspecified atom stereocenters. The minimum absolute atomic E-state index is 0.0769. The number of thioether (sulfide) groups is 1. The molecule has 0 saturated heterocycles. The lowest BCUT2D eigenvalue weighted by Gasteiger charge is -2.10. The van der Waals surface area contributed by atoms with Crippen LogP contribution in [-0.2, 0) is 0 Å². The van der Waals surface area contributed by atoms with Crippen molar-refractivity contribution < 1.29 is 15.0 Å². The number of aromatic hydroxyl groups is 2. The summed E-state index contributed by atoms with van der Waals surface area (Å²) in [6, 6.07) is 10.1. The van der Waals surface area contributed by atoms with Crippen molar-refractivity contribution in [2.45, 2.75) is 19.0 Å². The van der Waals surface area contributed by atoms with E-state index in [4.69, 9.17) is 0 Å². The molecule has 25 heavy (non-hydrogen) atoms. The van der Waals surface area contributed by atoms with Gasteiger partial charge in [-0.1, -0.05) is 17.8 Å². The van der Waals surface area contributed by atoms with E-state index >= 15 is 0 Å². The Labute approximate surface area is 150 Å². The van der Waals surface area contributed by atoms with Crippen molar-refractivity contribution in [2.24, 2.45) is 0 Å². The van der Waals surface area contributed by atoms with Crippen LogP contribution >= 0.6 is 11.8 Å². The van der Waals surface area contributed by atoms with E-state index in [0.717, 1.165) is 11.8 Å². The van der Waals surface area contributed by atoms with Crippen LogP contribution in [0.1, 0.15) is 21.5 Å². The van der Waals surface area contributed by atoms with Crippen LogP contribution in [0.2, 0.25) is 0 Å². The van der Waals surface area contributed by atoms with Crippen LogP contribution in [0, 0.1) is 13.8 Å². The monoisotopic (exact) mass is 354 g/mol. The number of aryl methyl sites for hydroxylation is 2. The molecule has 3 aromatic rings. The van der Waals surface area contributed by atoms with E-state index in [1.54, 1.807) is 6.20 Å². The summed E-state index contributed by atoms with van der Waals surface area (Å²) in [5.41, 5.74) is 3.58. The molecule has 3 rings (SSSR count). The normalized spacial score (nSPS) is 10.8. The lowest BCUT2D eigenvalue weighted by molar-refractivity contribution is 0.102. The Morgan fingerprint density at radius 3 is 2.64 bits per heavy atom. The minimum Gasteiger partial charge on any atom is -0.508 e. The molecule has 2 N–H and O–H groups in total. The molecule has 0 saturated carbocycles. The Bertz CT molecular complexity index is 934. The van der Waals surface area contributed by atoms with Gasteiger partial charge in [0, 0.05) is 24.1 Å². The smallest absolute Gasteiger partial charge is 0.176 e. The number of phenols is 2. The second-order valence-corrected chi connectivity index (χ2v) is 6.70. The number of hydrogen-bond donors (Lipinski definition) is 2. The van der Waals surface area contributed by atoms with Gasteiger partial charge in [-0.15, -0.1) is 0 Å². The number of ketones is 1. The van der Waals surface area contributed by atoms with Gasteiger partial charge >= 0.3 is 0 Å². The predicted molar refractivity (Wildman–Crippen MR) is 97.9 cm³/mol. The first-order valence-electron chi connectivity index (χ1n) is 7.74. The molecule has 5 nitrogen and oxygen atoms in total. The number of benzene rings is 2. The maximum atomic E-state index is 12.3. The number of nitrogens with zero attached hydrogens (tertiary/aromatic N) is 2. The summed E-state index contributed by atoms with van der Waals surface area (Å²) in [5.74, 6) is -0.382. The van der Waals surface area contributed by atoms with Gasteiger partial charge in [-0.05, 0) is 49.2 Å². The Morgan fingerprint density at radius 2 is 1.92 bits per heavy atom. The first-order valence-corrected chi connectivity index (χ1v) is 8.73. The zero-order valence-corrected chi connectivity index (χ0v) is 14.7. The quantitative estimate of drug-likeness (QED) is 0.537. The Hall–Kier alpha value is -2.73. The van der Waals surface area contributed by atoms with Crippen molar-refractivity contribution in [3.05, 3.63) is 65.5 Å². The molecule has 6 heteroatoms. The van der Waals surface area contributed by atoms with Gasteiger partial charge in [0.15, 0.2) is 10.9 Å². The van der Waals surface area contributed by atoms with Crippen LogP contribution in [0.15, 0.2) is 53.9 Å². The third kappa shape index (κ3) is 3.69. The molecular formula is C19H18N2O3S. The second kappa shape index (κ2) is 7.03. The van der Waals surface area contributed by atoms with E-state index in [1.165, 1.54) is 35.0 Å². The maximum Gasteiger partial charge on any atom is 0.176 e. The van der Waals surface area contributed by atoms with E-state index in [0.29, 0.717) is 5.16 Å². The SMILES string of the molecule is Cc1ccc(-n2ccnc2SCC(=O)c2ccc(O)cc2O)cc1C. The molecule has 0 amide bonds. The van der Waals surface area contributed by atoms with Gasteiger partial charge in [0.2, 0.25) is 0 Å². The number of aromatic nitrogens is 2. The largest absolute Gasteiger partial charge is 0.508 e. The molecule has 0 aliphatic carbocycles. The minimum atomic E-state index is -0.225. The summed E-state index contributed by atoms with van der Waals surface area (Å²) in [7, 11) is 0. The van der Waals surface area contributed by atoms with Crippen molar-refractivity contribution in [1.82, 2.24) is 9.55 Å². The van der Waals surface area contributed by atoms with Gasteiger partial charge in [0.1, 0.15) is 11.5 Å². The van der Waals surface area contributed by atoms with Gasteiger partial charge in [-0.2, -0.15) is 0 Å². The van der Waals surface area contributed by atoms with Gasteiger partial charge < -0.3 is 10.2 Å². The summed E-state index contributed by atoms with van der Waals surface area (Å²) in [6.07, 6.45) is 3.55. The molecule has 2 aromatic carbocycles. The summed E-state index contributed by atoms with van der Waals surface area (Å²) < 4.78 is 1.93. The highest BCUT2D eigenvalue weighted by Gasteiger charge is 2.14. The fraction of sp³-hybridized carbons (Fsp3) is 0.158. The van der Waals surface area contributed by atoms with Crippen LogP contribution in [0.3, 0.4) is 0 Å². The van der Waals surface area contributed by atoms with Crippen LogP contribution < -0.4 is 0 Å². The van der Waals surface area contributed by atoms with Crippen molar-refractivity contribution in [1.29, 1.82) is 0 Å². The Balaban J connectivity index is 1.77. The molecule has 0 fully saturated rings. The Morgan fingerprint density at radius 1 is 1.12 bits per heavy atom. The molecule has 0 aliphatic heterocycles. The maximum absolute atomic E-state index is 12.3. The van der Waals surface area contributed by atoms with E-state index in [-0.39, 0.29) is 28.6 Å². The molecule has 1 aromatic heterocycles. The van der Waals surface area contributed by atoms with Crippen LogP contribution in [0.5, 0.6) is 11.5 Å². The highest BCUT2D eigenvalue weighted by Crippen LogP contribution is 2.26. The summed E-state index contributed by atoms with van der Waals surface area (Å²) in [6.45, 7) is 4.12. The predicted octanol–water partition coefficient (Wildman–Crippen LogP) is 3.88.